The first kappa shape index (κ1) is 8.92. The van der Waals surface area contributed by atoms with Crippen molar-refractivity contribution in [3.05, 3.63) is 16.6 Å². The van der Waals surface area contributed by atoms with Gasteiger partial charge in [0.25, 0.3) is 0 Å². The number of aryl methyl sites for hydroxylation is 2. The van der Waals surface area contributed by atoms with Gasteiger partial charge >= 0.3 is 0 Å². The Bertz CT molecular complexity index is 145. The van der Waals surface area contributed by atoms with E-state index in [9.17, 15) is 0 Å². The third-order valence-corrected chi connectivity index (χ3v) is 1.80. The fourth-order valence-electron chi connectivity index (χ4n) is 0.347. The molecule has 0 unspecified atom stereocenters. The molecule has 1 aromatic rings. The predicted octanol–water partition coefficient (Wildman–Crippen LogP) is 2.61. The van der Waals surface area contributed by atoms with E-state index in [2.05, 4.69) is 29.8 Å². The van der Waals surface area contributed by atoms with E-state index in [1.807, 2.05) is 6.20 Å². The lowest BCUT2D eigenvalue weighted by Gasteiger charge is -1.77. The van der Waals surface area contributed by atoms with Gasteiger partial charge in [0.2, 0.25) is 0 Å². The van der Waals surface area contributed by atoms with Crippen LogP contribution < -0.4 is 0 Å². The highest BCUT2D eigenvalue weighted by atomic mass is 35.5. The molecule has 0 aromatic carbocycles. The molecule has 1 rings (SSSR count). The summed E-state index contributed by atoms with van der Waals surface area (Å²) in [6.45, 7) is 4.14. The molecule has 0 aliphatic heterocycles. The minimum Gasteiger partial charge on any atom is -0.201 e. The predicted molar refractivity (Wildman–Crippen MR) is 43.4 cm³/mol. The van der Waals surface area contributed by atoms with E-state index in [0.717, 1.165) is 0 Å². The van der Waals surface area contributed by atoms with Gasteiger partial charge in [-0.1, -0.05) is 0 Å². The Labute approximate surface area is 64.8 Å². The summed E-state index contributed by atoms with van der Waals surface area (Å²) in [5.41, 5.74) is 1.30. The maximum atomic E-state index is 4.64. The molecular weight excluding hydrogens is 154 g/mol. The van der Waals surface area contributed by atoms with Gasteiger partial charge in [-0.3, -0.25) is 0 Å². The molecule has 9 heavy (non-hydrogen) atoms. The van der Waals surface area contributed by atoms with Crippen molar-refractivity contribution in [2.24, 2.45) is 0 Å². The van der Waals surface area contributed by atoms with Crippen LogP contribution in [0, 0.1) is 13.8 Å². The second-order valence-electron chi connectivity index (χ2n) is 1.56. The number of halogens is 1. The third kappa shape index (κ3) is 2.82. The molecule has 1 nitrogen and oxygen atoms in total. The van der Waals surface area contributed by atoms with Crippen molar-refractivity contribution >= 4 is 23.1 Å². The van der Waals surface area contributed by atoms with Crippen LogP contribution in [0.3, 0.4) is 0 Å². The fraction of sp³-hybridized carbons (Fsp3) is 0.500. The molecule has 1 heterocycles. The number of rotatable bonds is 0. The van der Waals surface area contributed by atoms with Crippen molar-refractivity contribution in [3.63, 3.8) is 0 Å². The molecule has 3 heteroatoms. The van der Waals surface area contributed by atoms with E-state index in [1.54, 1.807) is 11.5 Å². The zero-order valence-corrected chi connectivity index (χ0v) is 7.38. The van der Waals surface area contributed by atoms with Crippen molar-refractivity contribution in [2.45, 2.75) is 13.8 Å². The molecular formula is C6H10ClNS. The second kappa shape index (κ2) is 4.77. The van der Waals surface area contributed by atoms with Crippen molar-refractivity contribution in [1.29, 1.82) is 0 Å². The standard InChI is InChI=1S/C5H7NS.CH3Cl/c1-4-3-6-7-5(4)2;1-2/h3H,1-2H3;1H3. The minimum absolute atomic E-state index is 1.30. The summed E-state index contributed by atoms with van der Waals surface area (Å²) >= 11 is 6.19. The van der Waals surface area contributed by atoms with Crippen molar-refractivity contribution < 1.29 is 0 Å². The summed E-state index contributed by atoms with van der Waals surface area (Å²) in [4.78, 5) is 1.32. The Kier molecular flexibility index (Phi) is 4.72. The summed E-state index contributed by atoms with van der Waals surface area (Å²) in [6.07, 6.45) is 3.36. The largest absolute Gasteiger partial charge is 0.201 e. The highest BCUT2D eigenvalue weighted by Gasteiger charge is 1.88. The summed E-state index contributed by atoms with van der Waals surface area (Å²) in [5.74, 6) is 0. The molecule has 0 aliphatic carbocycles. The first-order valence-electron chi connectivity index (χ1n) is 2.56. The van der Waals surface area contributed by atoms with E-state index in [1.165, 1.54) is 16.8 Å². The molecule has 0 fully saturated rings. The van der Waals surface area contributed by atoms with Crippen LogP contribution in [0.4, 0.5) is 0 Å². The summed E-state index contributed by atoms with van der Waals surface area (Å²) in [7, 11) is 0. The number of aromatic nitrogens is 1. The van der Waals surface area contributed by atoms with E-state index >= 15 is 0 Å². The van der Waals surface area contributed by atoms with E-state index < -0.39 is 0 Å². The average molecular weight is 164 g/mol. The Morgan fingerprint density at radius 3 is 2.11 bits per heavy atom. The van der Waals surface area contributed by atoms with E-state index in [4.69, 9.17) is 0 Å². The highest BCUT2D eigenvalue weighted by molar-refractivity contribution is 7.05. The molecule has 1 aromatic heterocycles. The monoisotopic (exact) mass is 163 g/mol. The van der Waals surface area contributed by atoms with Crippen LogP contribution in [0.25, 0.3) is 0 Å². The van der Waals surface area contributed by atoms with Gasteiger partial charge in [-0.2, -0.15) is 0 Å². The lowest BCUT2D eigenvalue weighted by atomic mass is 10.3. The zero-order valence-electron chi connectivity index (χ0n) is 5.81. The molecule has 0 atom stereocenters. The summed E-state index contributed by atoms with van der Waals surface area (Å²) < 4.78 is 3.96. The molecule has 0 aliphatic rings. The van der Waals surface area contributed by atoms with Crippen molar-refractivity contribution in [1.82, 2.24) is 4.37 Å². The zero-order chi connectivity index (χ0) is 7.28. The van der Waals surface area contributed by atoms with Gasteiger partial charge in [0, 0.05) is 17.5 Å². The van der Waals surface area contributed by atoms with Gasteiger partial charge in [-0.05, 0) is 30.9 Å². The van der Waals surface area contributed by atoms with E-state index in [-0.39, 0.29) is 0 Å². The summed E-state index contributed by atoms with van der Waals surface area (Å²) in [5, 5.41) is 0. The van der Waals surface area contributed by atoms with Crippen LogP contribution in [-0.2, 0) is 0 Å². The minimum atomic E-state index is 1.30. The Morgan fingerprint density at radius 1 is 1.44 bits per heavy atom. The Balaban J connectivity index is 0.000000291. The van der Waals surface area contributed by atoms with Gasteiger partial charge < -0.3 is 0 Å². The molecule has 0 saturated heterocycles. The molecule has 52 valence electrons. The lowest BCUT2D eigenvalue weighted by Crippen LogP contribution is -1.61. The maximum Gasteiger partial charge on any atom is 0.0438 e. The van der Waals surface area contributed by atoms with Gasteiger partial charge in [0.1, 0.15) is 0 Å². The van der Waals surface area contributed by atoms with Crippen molar-refractivity contribution in [2.75, 3.05) is 6.38 Å². The number of alkyl halides is 1. The second-order valence-corrected chi connectivity index (χ2v) is 2.57. The van der Waals surface area contributed by atoms with Gasteiger partial charge in [0.05, 0.1) is 0 Å². The van der Waals surface area contributed by atoms with Crippen LogP contribution in [-0.4, -0.2) is 10.8 Å². The average Bonchev–Trinajstić information content (AvgIpc) is 2.23. The van der Waals surface area contributed by atoms with Gasteiger partial charge in [-0.25, -0.2) is 4.37 Å². The van der Waals surface area contributed by atoms with E-state index in [0.29, 0.717) is 0 Å². The summed E-state index contributed by atoms with van der Waals surface area (Å²) in [6, 6.07) is 0. The molecule has 0 spiro atoms. The first-order chi connectivity index (χ1) is 4.30. The van der Waals surface area contributed by atoms with Crippen LogP contribution in [0.1, 0.15) is 10.4 Å². The smallest absolute Gasteiger partial charge is 0.0438 e. The van der Waals surface area contributed by atoms with Gasteiger partial charge in [-0.15, -0.1) is 11.6 Å². The number of hydrogen-bond donors (Lipinski definition) is 0. The van der Waals surface area contributed by atoms with Crippen LogP contribution >= 0.6 is 23.1 Å². The lowest BCUT2D eigenvalue weighted by molar-refractivity contribution is 1.40. The quantitative estimate of drug-likeness (QED) is 0.536. The van der Waals surface area contributed by atoms with Crippen LogP contribution in [0.2, 0.25) is 0 Å². The highest BCUT2D eigenvalue weighted by Crippen LogP contribution is 2.07. The van der Waals surface area contributed by atoms with Gasteiger partial charge in [0.15, 0.2) is 0 Å². The Morgan fingerprint density at radius 2 is 2.00 bits per heavy atom. The number of nitrogens with zero attached hydrogens (tertiary/aromatic N) is 1. The van der Waals surface area contributed by atoms with Crippen LogP contribution in [0.5, 0.6) is 0 Å². The molecule has 0 bridgehead atoms. The Hall–Kier alpha value is -0.0800. The first-order valence-corrected chi connectivity index (χ1v) is 4.09. The van der Waals surface area contributed by atoms with Crippen molar-refractivity contribution in [3.8, 4) is 0 Å². The molecule has 0 radical (unpaired) electrons. The fourth-order valence-corrected chi connectivity index (χ4v) is 0.913. The molecule has 0 amide bonds. The number of hydrogen-bond acceptors (Lipinski definition) is 2. The molecule has 0 saturated carbocycles. The van der Waals surface area contributed by atoms with Crippen LogP contribution in [0.15, 0.2) is 6.20 Å². The maximum absolute atomic E-state index is 4.64. The topological polar surface area (TPSA) is 12.9 Å². The SMILES string of the molecule is CCl.Cc1cnsc1C. The normalized spacial score (nSPS) is 8.00. The molecule has 0 N–H and O–H groups in total. The third-order valence-electron chi connectivity index (χ3n) is 0.991.